The number of esters is 1. The SMILES string of the molecule is COC(=O)CCNc1nnc(C2CC2)s1. The van der Waals surface area contributed by atoms with Crippen LogP contribution in [0, 0.1) is 0 Å². The first-order valence-corrected chi connectivity index (χ1v) is 5.75. The van der Waals surface area contributed by atoms with Crippen molar-refractivity contribution in [2.45, 2.75) is 25.2 Å². The largest absolute Gasteiger partial charge is 0.469 e. The van der Waals surface area contributed by atoms with E-state index < -0.39 is 0 Å². The van der Waals surface area contributed by atoms with E-state index in [1.165, 1.54) is 20.0 Å². The van der Waals surface area contributed by atoms with Crippen molar-refractivity contribution >= 4 is 22.4 Å². The van der Waals surface area contributed by atoms with Crippen LogP contribution in [-0.4, -0.2) is 29.8 Å². The van der Waals surface area contributed by atoms with Crippen LogP contribution >= 0.6 is 11.3 Å². The lowest BCUT2D eigenvalue weighted by molar-refractivity contribution is -0.140. The van der Waals surface area contributed by atoms with Gasteiger partial charge in [-0.3, -0.25) is 4.79 Å². The minimum atomic E-state index is -0.213. The van der Waals surface area contributed by atoms with Crippen LogP contribution in [0.15, 0.2) is 0 Å². The van der Waals surface area contributed by atoms with Crippen molar-refractivity contribution in [2.75, 3.05) is 19.0 Å². The van der Waals surface area contributed by atoms with Crippen LogP contribution in [0.1, 0.15) is 30.2 Å². The van der Waals surface area contributed by atoms with Crippen LogP contribution in [0.25, 0.3) is 0 Å². The Kier molecular flexibility index (Phi) is 3.15. The van der Waals surface area contributed by atoms with Gasteiger partial charge in [-0.2, -0.15) is 0 Å². The van der Waals surface area contributed by atoms with Crippen LogP contribution in [0.4, 0.5) is 5.13 Å². The topological polar surface area (TPSA) is 64.1 Å². The molecule has 0 bridgehead atoms. The second-order valence-corrected chi connectivity index (χ2v) is 4.48. The zero-order valence-corrected chi connectivity index (χ0v) is 9.34. The lowest BCUT2D eigenvalue weighted by Gasteiger charge is -1.99. The number of methoxy groups -OCH3 is 1. The molecule has 0 unspecified atom stereocenters. The highest BCUT2D eigenvalue weighted by atomic mass is 32.1. The molecule has 0 spiro atoms. The highest BCUT2D eigenvalue weighted by Crippen LogP contribution is 2.41. The Morgan fingerprint density at radius 2 is 2.40 bits per heavy atom. The van der Waals surface area contributed by atoms with Gasteiger partial charge in [0.15, 0.2) is 0 Å². The molecule has 0 aliphatic heterocycles. The van der Waals surface area contributed by atoms with E-state index in [-0.39, 0.29) is 5.97 Å². The van der Waals surface area contributed by atoms with Crippen LogP contribution in [0.5, 0.6) is 0 Å². The lowest BCUT2D eigenvalue weighted by Crippen LogP contribution is -2.09. The maximum Gasteiger partial charge on any atom is 0.307 e. The molecule has 5 nitrogen and oxygen atoms in total. The molecule has 1 heterocycles. The zero-order chi connectivity index (χ0) is 10.7. The summed E-state index contributed by atoms with van der Waals surface area (Å²) in [5, 5.41) is 13.0. The number of carbonyl (C=O) groups excluding carboxylic acids is 1. The second kappa shape index (κ2) is 4.57. The number of hydrogen-bond donors (Lipinski definition) is 1. The Morgan fingerprint density at radius 3 is 3.07 bits per heavy atom. The molecule has 1 aliphatic rings. The summed E-state index contributed by atoms with van der Waals surface area (Å²) in [6.07, 6.45) is 2.82. The van der Waals surface area contributed by atoms with Gasteiger partial charge >= 0.3 is 5.97 Å². The van der Waals surface area contributed by atoms with Crippen molar-refractivity contribution < 1.29 is 9.53 Å². The molecule has 2 rings (SSSR count). The van der Waals surface area contributed by atoms with E-state index in [0.717, 1.165) is 10.1 Å². The molecule has 0 amide bonds. The van der Waals surface area contributed by atoms with Crippen molar-refractivity contribution in [1.82, 2.24) is 10.2 Å². The average Bonchev–Trinajstić information content (AvgIpc) is 2.99. The third-order valence-corrected chi connectivity index (χ3v) is 3.24. The number of aromatic nitrogens is 2. The first-order valence-electron chi connectivity index (χ1n) is 4.93. The Bertz CT molecular complexity index is 349. The van der Waals surface area contributed by atoms with E-state index in [0.29, 0.717) is 18.9 Å². The molecule has 0 radical (unpaired) electrons. The molecule has 0 saturated heterocycles. The molecular formula is C9H13N3O2S. The average molecular weight is 227 g/mol. The Labute approximate surface area is 91.9 Å². The number of hydrogen-bond acceptors (Lipinski definition) is 6. The molecule has 1 aliphatic carbocycles. The van der Waals surface area contributed by atoms with Gasteiger partial charge in [-0.25, -0.2) is 0 Å². The van der Waals surface area contributed by atoms with Crippen LogP contribution in [-0.2, 0) is 9.53 Å². The summed E-state index contributed by atoms with van der Waals surface area (Å²) in [5.74, 6) is 0.424. The molecule has 1 aromatic heterocycles. The summed E-state index contributed by atoms with van der Waals surface area (Å²) >= 11 is 1.58. The Balaban J connectivity index is 1.75. The second-order valence-electron chi connectivity index (χ2n) is 3.47. The van der Waals surface area contributed by atoms with Gasteiger partial charge in [-0.05, 0) is 12.8 Å². The van der Waals surface area contributed by atoms with Gasteiger partial charge in [-0.15, -0.1) is 10.2 Å². The summed E-state index contributed by atoms with van der Waals surface area (Å²) in [7, 11) is 1.39. The van der Waals surface area contributed by atoms with E-state index in [1.54, 1.807) is 11.3 Å². The summed E-state index contributed by atoms with van der Waals surface area (Å²) in [5.41, 5.74) is 0. The number of rotatable bonds is 5. The van der Waals surface area contributed by atoms with Gasteiger partial charge in [-0.1, -0.05) is 11.3 Å². The monoisotopic (exact) mass is 227 g/mol. The van der Waals surface area contributed by atoms with Crippen LogP contribution in [0.3, 0.4) is 0 Å². The molecule has 1 saturated carbocycles. The fourth-order valence-corrected chi connectivity index (χ4v) is 2.11. The van der Waals surface area contributed by atoms with Gasteiger partial charge in [0.2, 0.25) is 5.13 Å². The maximum atomic E-state index is 10.8. The van der Waals surface area contributed by atoms with Gasteiger partial charge in [0.1, 0.15) is 5.01 Å². The predicted molar refractivity (Wildman–Crippen MR) is 57.0 cm³/mol. The number of nitrogens with zero attached hydrogens (tertiary/aromatic N) is 2. The molecule has 82 valence electrons. The van der Waals surface area contributed by atoms with Gasteiger partial charge in [0, 0.05) is 12.5 Å². The molecular weight excluding hydrogens is 214 g/mol. The molecule has 6 heteroatoms. The van der Waals surface area contributed by atoms with E-state index in [1.807, 2.05) is 0 Å². The third-order valence-electron chi connectivity index (χ3n) is 2.20. The Hall–Kier alpha value is -1.17. The Morgan fingerprint density at radius 1 is 1.60 bits per heavy atom. The first kappa shape index (κ1) is 10.4. The lowest BCUT2D eigenvalue weighted by atomic mass is 10.4. The zero-order valence-electron chi connectivity index (χ0n) is 8.52. The fraction of sp³-hybridized carbons (Fsp3) is 0.667. The third kappa shape index (κ3) is 2.89. The molecule has 1 fully saturated rings. The molecule has 0 aromatic carbocycles. The standard InChI is InChI=1S/C9H13N3O2S/c1-14-7(13)4-5-10-9-12-11-8(15-9)6-2-3-6/h6H,2-5H2,1H3,(H,10,12). The number of anilines is 1. The molecule has 0 atom stereocenters. The molecule has 15 heavy (non-hydrogen) atoms. The highest BCUT2D eigenvalue weighted by Gasteiger charge is 2.27. The van der Waals surface area contributed by atoms with Crippen LogP contribution < -0.4 is 5.32 Å². The summed E-state index contributed by atoms with van der Waals surface area (Å²) in [6.45, 7) is 0.548. The van der Waals surface area contributed by atoms with Crippen molar-refractivity contribution in [3.05, 3.63) is 5.01 Å². The van der Waals surface area contributed by atoms with Gasteiger partial charge in [0.05, 0.1) is 13.5 Å². The number of ether oxygens (including phenoxy) is 1. The van der Waals surface area contributed by atoms with Crippen LogP contribution in [0.2, 0.25) is 0 Å². The number of carbonyl (C=O) groups is 1. The molecule has 1 aromatic rings. The van der Waals surface area contributed by atoms with Crippen molar-refractivity contribution in [3.63, 3.8) is 0 Å². The molecule has 1 N–H and O–H groups in total. The summed E-state index contributed by atoms with van der Waals surface area (Å²) in [4.78, 5) is 10.8. The minimum Gasteiger partial charge on any atom is -0.469 e. The predicted octanol–water partition coefficient (Wildman–Crippen LogP) is 1.39. The maximum absolute atomic E-state index is 10.8. The first-order chi connectivity index (χ1) is 7.29. The van der Waals surface area contributed by atoms with Crippen molar-refractivity contribution in [2.24, 2.45) is 0 Å². The van der Waals surface area contributed by atoms with Crippen molar-refractivity contribution in [1.29, 1.82) is 0 Å². The fourth-order valence-electron chi connectivity index (χ4n) is 1.17. The minimum absolute atomic E-state index is 0.213. The quantitative estimate of drug-likeness (QED) is 0.770. The van der Waals surface area contributed by atoms with E-state index in [9.17, 15) is 4.79 Å². The van der Waals surface area contributed by atoms with Gasteiger partial charge in [0.25, 0.3) is 0 Å². The van der Waals surface area contributed by atoms with Crippen molar-refractivity contribution in [3.8, 4) is 0 Å². The summed E-state index contributed by atoms with van der Waals surface area (Å²) in [6, 6.07) is 0. The number of nitrogens with one attached hydrogen (secondary N) is 1. The highest BCUT2D eigenvalue weighted by molar-refractivity contribution is 7.15. The van der Waals surface area contributed by atoms with Gasteiger partial charge < -0.3 is 10.1 Å². The normalized spacial score (nSPS) is 15.0. The smallest absolute Gasteiger partial charge is 0.307 e. The summed E-state index contributed by atoms with van der Waals surface area (Å²) < 4.78 is 4.53. The van der Waals surface area contributed by atoms with E-state index >= 15 is 0 Å². The van der Waals surface area contributed by atoms with E-state index in [4.69, 9.17) is 0 Å². The van der Waals surface area contributed by atoms with E-state index in [2.05, 4.69) is 20.3 Å².